The molecule has 68 valence electrons. The second-order valence-corrected chi connectivity index (χ2v) is 2.71. The molecule has 0 aliphatic rings. The number of rotatable bonds is 3. The van der Waals surface area contributed by atoms with Crippen LogP contribution < -0.4 is 0 Å². The van der Waals surface area contributed by atoms with Crippen molar-refractivity contribution in [3.05, 3.63) is 41.2 Å². The highest BCUT2D eigenvalue weighted by atomic mass is 32.1. The van der Waals surface area contributed by atoms with Crippen LogP contribution in [0.5, 0.6) is 0 Å². The summed E-state index contributed by atoms with van der Waals surface area (Å²) in [7, 11) is 0. The van der Waals surface area contributed by atoms with Crippen LogP contribution in [0.25, 0.3) is 6.08 Å². The van der Waals surface area contributed by atoms with E-state index in [9.17, 15) is 4.79 Å². The van der Waals surface area contributed by atoms with E-state index in [0.29, 0.717) is 5.76 Å². The molecular formula is C9H8O3S. The van der Waals surface area contributed by atoms with E-state index in [4.69, 9.17) is 9.52 Å². The van der Waals surface area contributed by atoms with Gasteiger partial charge in [0.2, 0.25) is 0 Å². The fraction of sp³-hybridized carbons (Fsp3) is 0. The van der Waals surface area contributed by atoms with Gasteiger partial charge in [0.25, 0.3) is 0 Å². The minimum absolute atomic E-state index is 0.0113. The normalized spacial score (nSPS) is 12.2. The van der Waals surface area contributed by atoms with Gasteiger partial charge in [-0.3, -0.25) is 0 Å². The fourth-order valence-electron chi connectivity index (χ4n) is 0.691. The lowest BCUT2D eigenvalue weighted by Crippen LogP contribution is -1.92. The third-order valence-corrected chi connectivity index (χ3v) is 1.62. The molecule has 0 saturated heterocycles. The summed E-state index contributed by atoms with van der Waals surface area (Å²) in [6.45, 7) is 0. The van der Waals surface area contributed by atoms with Gasteiger partial charge in [0, 0.05) is 0 Å². The molecule has 0 unspecified atom stereocenters. The molecule has 0 aromatic carbocycles. The minimum Gasteiger partial charge on any atom is -0.477 e. The second kappa shape index (κ2) is 4.57. The van der Waals surface area contributed by atoms with Gasteiger partial charge in [-0.25, -0.2) is 4.79 Å². The Balaban J connectivity index is 2.60. The Morgan fingerprint density at radius 2 is 2.38 bits per heavy atom. The number of thiol groups is 1. The summed E-state index contributed by atoms with van der Waals surface area (Å²) in [6, 6.07) is 3.52. The predicted octanol–water partition coefficient (Wildman–Crippen LogP) is 2.19. The van der Waals surface area contributed by atoms with Crippen LogP contribution in [-0.4, -0.2) is 11.1 Å². The Bertz CT molecular complexity index is 336. The minimum atomic E-state index is -1.05. The van der Waals surface area contributed by atoms with Crippen LogP contribution in [0.4, 0.5) is 0 Å². The Labute approximate surface area is 80.8 Å². The molecule has 0 radical (unpaired) electrons. The van der Waals surface area contributed by atoms with Crippen LogP contribution in [0.1, 0.15) is 5.76 Å². The van der Waals surface area contributed by atoms with Crippen LogP contribution in [-0.2, 0) is 4.79 Å². The summed E-state index contributed by atoms with van der Waals surface area (Å²) < 4.78 is 4.99. The molecule has 0 spiro atoms. The molecule has 0 bridgehead atoms. The number of carboxylic acids is 1. The van der Waals surface area contributed by atoms with Crippen molar-refractivity contribution in [1.29, 1.82) is 0 Å². The standard InChI is InChI=1S/C9H8O3S/c10-9(11)8(13)5-1-3-7-4-2-6-12-7/h1-6,13H,(H,10,11)/b3-1+,8-5-. The molecule has 0 fully saturated rings. The summed E-state index contributed by atoms with van der Waals surface area (Å²) in [5.74, 6) is -0.379. The van der Waals surface area contributed by atoms with Gasteiger partial charge < -0.3 is 9.52 Å². The zero-order chi connectivity index (χ0) is 9.68. The molecule has 0 saturated carbocycles. The molecule has 1 heterocycles. The number of allylic oxidation sites excluding steroid dienone is 2. The lowest BCUT2D eigenvalue weighted by atomic mass is 10.3. The Kier molecular flexibility index (Phi) is 3.40. The molecule has 1 rings (SSSR count). The molecule has 4 heteroatoms. The zero-order valence-electron chi connectivity index (χ0n) is 6.68. The van der Waals surface area contributed by atoms with Crippen LogP contribution in [0.3, 0.4) is 0 Å². The molecule has 0 amide bonds. The van der Waals surface area contributed by atoms with E-state index in [1.165, 1.54) is 6.08 Å². The summed E-state index contributed by atoms with van der Waals surface area (Å²) in [4.78, 5) is 10.3. The van der Waals surface area contributed by atoms with Crippen LogP contribution in [0, 0.1) is 0 Å². The summed E-state index contributed by atoms with van der Waals surface area (Å²) >= 11 is 3.74. The smallest absolute Gasteiger partial charge is 0.341 e. The summed E-state index contributed by atoms with van der Waals surface area (Å²) in [5.41, 5.74) is 0. The molecular weight excluding hydrogens is 188 g/mol. The largest absolute Gasteiger partial charge is 0.477 e. The van der Waals surface area contributed by atoms with Crippen LogP contribution in [0.2, 0.25) is 0 Å². The average Bonchev–Trinajstić information content (AvgIpc) is 2.56. The Morgan fingerprint density at radius 3 is 2.92 bits per heavy atom. The van der Waals surface area contributed by atoms with Crippen LogP contribution in [0.15, 0.2) is 39.9 Å². The van der Waals surface area contributed by atoms with E-state index in [0.717, 1.165) is 0 Å². The molecule has 0 atom stereocenters. The molecule has 1 aromatic rings. The Hall–Kier alpha value is -1.42. The first-order valence-corrected chi connectivity index (χ1v) is 3.99. The highest BCUT2D eigenvalue weighted by Crippen LogP contribution is 2.05. The van der Waals surface area contributed by atoms with Gasteiger partial charge in [0.15, 0.2) is 0 Å². The van der Waals surface area contributed by atoms with Crippen molar-refractivity contribution >= 4 is 24.7 Å². The second-order valence-electron chi connectivity index (χ2n) is 2.23. The lowest BCUT2D eigenvalue weighted by molar-refractivity contribution is -0.131. The molecule has 1 aromatic heterocycles. The molecule has 1 N–H and O–H groups in total. The monoisotopic (exact) mass is 196 g/mol. The third kappa shape index (κ3) is 3.21. The third-order valence-electron chi connectivity index (χ3n) is 1.28. The Morgan fingerprint density at radius 1 is 1.62 bits per heavy atom. The first-order valence-electron chi connectivity index (χ1n) is 3.54. The van der Waals surface area contributed by atoms with Gasteiger partial charge in [-0.2, -0.15) is 0 Å². The first-order chi connectivity index (χ1) is 6.20. The lowest BCUT2D eigenvalue weighted by Gasteiger charge is -1.86. The number of furan rings is 1. The molecule has 0 aliphatic heterocycles. The number of carbonyl (C=O) groups is 1. The zero-order valence-corrected chi connectivity index (χ0v) is 7.57. The quantitative estimate of drug-likeness (QED) is 0.442. The maximum atomic E-state index is 10.3. The van der Waals surface area contributed by atoms with Gasteiger partial charge >= 0.3 is 5.97 Å². The van der Waals surface area contributed by atoms with Gasteiger partial charge in [0.05, 0.1) is 11.2 Å². The van der Waals surface area contributed by atoms with E-state index in [1.807, 2.05) is 0 Å². The van der Waals surface area contributed by atoms with E-state index in [2.05, 4.69) is 12.6 Å². The topological polar surface area (TPSA) is 50.4 Å². The van der Waals surface area contributed by atoms with Gasteiger partial charge in [-0.15, -0.1) is 12.6 Å². The molecule has 13 heavy (non-hydrogen) atoms. The highest BCUT2D eigenvalue weighted by molar-refractivity contribution is 7.85. The van der Waals surface area contributed by atoms with E-state index in [1.54, 1.807) is 30.5 Å². The van der Waals surface area contributed by atoms with Crippen molar-refractivity contribution in [2.75, 3.05) is 0 Å². The molecule has 0 aliphatic carbocycles. The molecule has 3 nitrogen and oxygen atoms in total. The van der Waals surface area contributed by atoms with Crippen molar-refractivity contribution in [2.24, 2.45) is 0 Å². The highest BCUT2D eigenvalue weighted by Gasteiger charge is 1.97. The van der Waals surface area contributed by atoms with Gasteiger partial charge in [-0.1, -0.05) is 6.08 Å². The van der Waals surface area contributed by atoms with E-state index >= 15 is 0 Å². The van der Waals surface area contributed by atoms with Gasteiger partial charge in [0.1, 0.15) is 5.76 Å². The SMILES string of the molecule is O=C(O)/C(S)=C/C=C/c1ccco1. The fourth-order valence-corrected chi connectivity index (χ4v) is 0.778. The first kappa shape index (κ1) is 9.67. The number of aliphatic carboxylic acids is 1. The van der Waals surface area contributed by atoms with Crippen molar-refractivity contribution in [2.45, 2.75) is 0 Å². The maximum absolute atomic E-state index is 10.3. The summed E-state index contributed by atoms with van der Waals surface area (Å²) in [6.07, 6.45) is 6.14. The number of carboxylic acid groups (broad SMARTS) is 1. The summed E-state index contributed by atoms with van der Waals surface area (Å²) in [5, 5.41) is 8.44. The van der Waals surface area contributed by atoms with E-state index in [-0.39, 0.29) is 4.91 Å². The van der Waals surface area contributed by atoms with Gasteiger partial charge in [-0.05, 0) is 24.3 Å². The van der Waals surface area contributed by atoms with Crippen molar-refractivity contribution < 1.29 is 14.3 Å². The average molecular weight is 196 g/mol. The van der Waals surface area contributed by atoms with Crippen molar-refractivity contribution in [1.82, 2.24) is 0 Å². The number of hydrogen-bond donors (Lipinski definition) is 2. The van der Waals surface area contributed by atoms with Crippen LogP contribution >= 0.6 is 12.6 Å². The van der Waals surface area contributed by atoms with E-state index < -0.39 is 5.97 Å². The van der Waals surface area contributed by atoms with Crippen molar-refractivity contribution in [3.8, 4) is 0 Å². The maximum Gasteiger partial charge on any atom is 0.341 e. The van der Waals surface area contributed by atoms with Crippen molar-refractivity contribution in [3.63, 3.8) is 0 Å². The predicted molar refractivity (Wildman–Crippen MR) is 52.4 cm³/mol. The number of hydrogen-bond acceptors (Lipinski definition) is 3.